The molecule has 0 atom stereocenters. The lowest BCUT2D eigenvalue weighted by Crippen LogP contribution is -2.24. The predicted octanol–water partition coefficient (Wildman–Crippen LogP) is 3.94. The Labute approximate surface area is 165 Å². The van der Waals surface area contributed by atoms with Gasteiger partial charge in [-0.3, -0.25) is 9.59 Å². The van der Waals surface area contributed by atoms with Crippen LogP contribution in [0.25, 0.3) is 0 Å². The molecule has 0 aliphatic heterocycles. The lowest BCUT2D eigenvalue weighted by Gasteiger charge is -2.20. The maximum atomic E-state index is 12.3. The van der Waals surface area contributed by atoms with Gasteiger partial charge in [-0.15, -0.1) is 0 Å². The van der Waals surface area contributed by atoms with Gasteiger partial charge in [0.15, 0.2) is 0 Å². The van der Waals surface area contributed by atoms with Crippen molar-refractivity contribution in [3.8, 4) is 0 Å². The first-order chi connectivity index (χ1) is 13.5. The number of rotatable bonds is 5. The number of nitrogens with zero attached hydrogens (tertiary/aromatic N) is 1. The van der Waals surface area contributed by atoms with Crippen molar-refractivity contribution in [2.45, 2.75) is 39.0 Å². The third-order valence-corrected chi connectivity index (χ3v) is 5.02. The zero-order chi connectivity index (χ0) is 19.9. The van der Waals surface area contributed by atoms with E-state index in [2.05, 4.69) is 15.8 Å². The summed E-state index contributed by atoms with van der Waals surface area (Å²) in [5, 5.41) is 7.08. The number of carbonyl (C=O) groups is 2. The Bertz CT molecular complexity index is 868. The van der Waals surface area contributed by atoms with Crippen molar-refractivity contribution in [2.75, 3.05) is 11.1 Å². The van der Waals surface area contributed by atoms with Crippen LogP contribution in [0.5, 0.6) is 0 Å². The van der Waals surface area contributed by atoms with Crippen LogP contribution in [-0.4, -0.2) is 17.5 Å². The second-order valence-electron chi connectivity index (χ2n) is 7.17. The molecule has 0 bridgehead atoms. The first kappa shape index (κ1) is 19.6. The summed E-state index contributed by atoms with van der Waals surface area (Å²) in [4.78, 5) is 24.6. The molecule has 1 aliphatic rings. The van der Waals surface area contributed by atoms with E-state index >= 15 is 0 Å². The molecule has 2 aromatic carbocycles. The molecule has 2 aromatic rings. The third kappa shape index (κ3) is 5.19. The number of hydrogen-bond acceptors (Lipinski definition) is 4. The lowest BCUT2D eigenvalue weighted by molar-refractivity contribution is -0.120. The quantitative estimate of drug-likeness (QED) is 0.418. The first-order valence-corrected chi connectivity index (χ1v) is 9.64. The molecule has 6 nitrogen and oxygen atoms in total. The van der Waals surface area contributed by atoms with Crippen molar-refractivity contribution in [3.05, 3.63) is 59.7 Å². The highest BCUT2D eigenvalue weighted by molar-refractivity contribution is 6.01. The summed E-state index contributed by atoms with van der Waals surface area (Å²) in [7, 11) is 0. The van der Waals surface area contributed by atoms with Gasteiger partial charge in [-0.05, 0) is 61.7 Å². The number of amides is 2. The minimum Gasteiger partial charge on any atom is -0.399 e. The molecule has 1 aliphatic carbocycles. The van der Waals surface area contributed by atoms with Crippen LogP contribution in [0, 0.1) is 5.92 Å². The molecule has 0 aromatic heterocycles. The van der Waals surface area contributed by atoms with Crippen molar-refractivity contribution < 1.29 is 9.59 Å². The van der Waals surface area contributed by atoms with Crippen molar-refractivity contribution in [2.24, 2.45) is 11.0 Å². The molecule has 0 heterocycles. The molecule has 0 saturated heterocycles. The topological polar surface area (TPSA) is 96.6 Å². The molecule has 146 valence electrons. The summed E-state index contributed by atoms with van der Waals surface area (Å²) < 4.78 is 0. The van der Waals surface area contributed by atoms with Crippen LogP contribution in [0.2, 0.25) is 0 Å². The Morgan fingerprint density at radius 2 is 1.71 bits per heavy atom. The molecule has 1 saturated carbocycles. The smallest absolute Gasteiger partial charge is 0.271 e. The van der Waals surface area contributed by atoms with Gasteiger partial charge >= 0.3 is 0 Å². The van der Waals surface area contributed by atoms with Crippen LogP contribution in [0.1, 0.15) is 54.9 Å². The fourth-order valence-corrected chi connectivity index (χ4v) is 3.34. The Kier molecular flexibility index (Phi) is 6.42. The first-order valence-electron chi connectivity index (χ1n) is 9.64. The average Bonchev–Trinajstić information content (AvgIpc) is 2.73. The molecule has 28 heavy (non-hydrogen) atoms. The second kappa shape index (κ2) is 9.17. The molecular weight excluding hydrogens is 352 g/mol. The summed E-state index contributed by atoms with van der Waals surface area (Å²) in [6, 6.07) is 14.2. The summed E-state index contributed by atoms with van der Waals surface area (Å²) in [5.41, 5.74) is 11.6. The van der Waals surface area contributed by atoms with Crippen molar-refractivity contribution >= 4 is 28.9 Å². The number of carbonyl (C=O) groups excluding carboxylic acids is 2. The fourth-order valence-electron chi connectivity index (χ4n) is 3.34. The van der Waals surface area contributed by atoms with Crippen LogP contribution < -0.4 is 16.5 Å². The largest absolute Gasteiger partial charge is 0.399 e. The normalized spacial score (nSPS) is 15.1. The van der Waals surface area contributed by atoms with E-state index in [0.29, 0.717) is 22.6 Å². The summed E-state index contributed by atoms with van der Waals surface area (Å²) in [5.74, 6) is -0.145. The Balaban J connectivity index is 1.57. The third-order valence-electron chi connectivity index (χ3n) is 5.02. The van der Waals surface area contributed by atoms with Crippen molar-refractivity contribution in [3.63, 3.8) is 0 Å². The predicted molar refractivity (Wildman–Crippen MR) is 112 cm³/mol. The molecule has 3 rings (SSSR count). The molecule has 6 heteroatoms. The van der Waals surface area contributed by atoms with E-state index in [0.717, 1.165) is 31.2 Å². The van der Waals surface area contributed by atoms with Gasteiger partial charge in [0.05, 0.1) is 5.71 Å². The minimum absolute atomic E-state index is 0.0688. The van der Waals surface area contributed by atoms with E-state index in [1.54, 1.807) is 43.3 Å². The number of hydrogen-bond donors (Lipinski definition) is 3. The van der Waals surface area contributed by atoms with E-state index in [1.165, 1.54) is 6.42 Å². The second-order valence-corrected chi connectivity index (χ2v) is 7.17. The van der Waals surface area contributed by atoms with Gasteiger partial charge in [-0.2, -0.15) is 5.10 Å². The lowest BCUT2D eigenvalue weighted by atomic mass is 9.88. The standard InChI is InChI=1S/C22H26N4O2/c1-15(18-8-5-9-19(23)14-18)25-26-22(28)17-10-12-20(13-11-17)24-21(27)16-6-3-2-4-7-16/h5,8-14,16H,2-4,6-7,23H2,1H3,(H,24,27)(H,26,28)/b25-15+. The van der Waals surface area contributed by atoms with Crippen LogP contribution in [-0.2, 0) is 4.79 Å². The number of nitrogens with one attached hydrogen (secondary N) is 2. The zero-order valence-corrected chi connectivity index (χ0v) is 16.1. The molecule has 0 unspecified atom stereocenters. The maximum absolute atomic E-state index is 12.3. The molecule has 4 N–H and O–H groups in total. The summed E-state index contributed by atoms with van der Waals surface area (Å²) >= 11 is 0. The van der Waals surface area contributed by atoms with Gasteiger partial charge in [-0.1, -0.05) is 31.4 Å². The Hall–Kier alpha value is -3.15. The summed E-state index contributed by atoms with van der Waals surface area (Å²) in [6.45, 7) is 1.80. The average molecular weight is 378 g/mol. The SMILES string of the molecule is C/C(=N\NC(=O)c1ccc(NC(=O)C2CCCCC2)cc1)c1cccc(N)c1. The molecule has 2 amide bonds. The van der Waals surface area contributed by atoms with E-state index in [-0.39, 0.29) is 17.7 Å². The Morgan fingerprint density at radius 3 is 2.39 bits per heavy atom. The van der Waals surface area contributed by atoms with Gasteiger partial charge in [0.25, 0.3) is 5.91 Å². The van der Waals surface area contributed by atoms with Crippen molar-refractivity contribution in [1.82, 2.24) is 5.43 Å². The van der Waals surface area contributed by atoms with Crippen molar-refractivity contribution in [1.29, 1.82) is 0 Å². The van der Waals surface area contributed by atoms with Gasteiger partial charge < -0.3 is 11.1 Å². The van der Waals surface area contributed by atoms with Crippen LogP contribution >= 0.6 is 0 Å². The van der Waals surface area contributed by atoms with E-state index < -0.39 is 0 Å². The number of nitrogens with two attached hydrogens (primary N) is 1. The number of anilines is 2. The highest BCUT2D eigenvalue weighted by atomic mass is 16.2. The summed E-state index contributed by atoms with van der Waals surface area (Å²) in [6.07, 6.45) is 5.36. The van der Waals surface area contributed by atoms with Crippen LogP contribution in [0.3, 0.4) is 0 Å². The van der Waals surface area contributed by atoms with Crippen LogP contribution in [0.4, 0.5) is 11.4 Å². The highest BCUT2D eigenvalue weighted by Crippen LogP contribution is 2.25. The minimum atomic E-state index is -0.312. The number of benzene rings is 2. The number of hydrazone groups is 1. The van der Waals surface area contributed by atoms with Crippen LogP contribution in [0.15, 0.2) is 53.6 Å². The van der Waals surface area contributed by atoms with E-state index in [1.807, 2.05) is 12.1 Å². The fraction of sp³-hybridized carbons (Fsp3) is 0.318. The highest BCUT2D eigenvalue weighted by Gasteiger charge is 2.21. The van der Waals surface area contributed by atoms with Gasteiger partial charge in [-0.25, -0.2) is 5.43 Å². The van der Waals surface area contributed by atoms with Gasteiger partial charge in [0.2, 0.25) is 5.91 Å². The Morgan fingerprint density at radius 1 is 1.00 bits per heavy atom. The molecule has 0 spiro atoms. The van der Waals surface area contributed by atoms with E-state index in [4.69, 9.17) is 5.73 Å². The van der Waals surface area contributed by atoms with E-state index in [9.17, 15) is 9.59 Å². The zero-order valence-electron chi connectivity index (χ0n) is 16.1. The molecule has 0 radical (unpaired) electrons. The monoisotopic (exact) mass is 378 g/mol. The molecule has 1 fully saturated rings. The molecular formula is C22H26N4O2. The maximum Gasteiger partial charge on any atom is 0.271 e. The van der Waals surface area contributed by atoms with Gasteiger partial charge in [0.1, 0.15) is 0 Å². The van der Waals surface area contributed by atoms with Gasteiger partial charge in [0, 0.05) is 22.9 Å². The number of nitrogen functional groups attached to an aromatic ring is 1.